The maximum Gasteiger partial charge on any atom is 0.118 e. The van der Waals surface area contributed by atoms with E-state index in [-0.39, 0.29) is 0 Å². The summed E-state index contributed by atoms with van der Waals surface area (Å²) >= 11 is 0. The molecule has 7 aromatic rings. The summed E-state index contributed by atoms with van der Waals surface area (Å²) in [7, 11) is 3.38. The predicted octanol–water partition coefficient (Wildman–Crippen LogP) is 10.4. The van der Waals surface area contributed by atoms with Gasteiger partial charge in [-0.25, -0.2) is 0 Å². The highest BCUT2D eigenvalue weighted by Gasteiger charge is 2.22. The molecule has 0 bridgehead atoms. The normalized spacial score (nSPS) is 11.0. The first kappa shape index (κ1) is 27.1. The summed E-state index contributed by atoms with van der Waals surface area (Å²) in [5, 5.41) is 4.57. The number of nitrogens with zero attached hydrogens (tertiary/aromatic N) is 1. The zero-order valence-corrected chi connectivity index (χ0v) is 24.7. The van der Waals surface area contributed by atoms with Crippen molar-refractivity contribution in [3.05, 3.63) is 146 Å². The molecule has 214 valence electrons. The van der Waals surface area contributed by atoms with Crippen molar-refractivity contribution in [1.29, 1.82) is 0 Å². The average molecular weight is 573 g/mol. The molecule has 0 saturated carbocycles. The van der Waals surface area contributed by atoms with Gasteiger partial charge >= 0.3 is 0 Å². The van der Waals surface area contributed by atoms with E-state index in [2.05, 4.69) is 108 Å². The van der Waals surface area contributed by atoms with Gasteiger partial charge in [-0.15, -0.1) is 0 Å². The Hall–Kier alpha value is -5.74. The second-order valence-corrected chi connectivity index (χ2v) is 10.7. The molecule has 0 spiro atoms. The maximum absolute atomic E-state index is 6.78. The van der Waals surface area contributed by atoms with E-state index < -0.39 is 0 Å². The summed E-state index contributed by atoms with van der Waals surface area (Å²) in [6.07, 6.45) is 0. The zero-order chi connectivity index (χ0) is 30.0. The van der Waals surface area contributed by atoms with Crippen molar-refractivity contribution in [2.45, 2.75) is 0 Å². The molecule has 4 heteroatoms. The molecule has 0 amide bonds. The summed E-state index contributed by atoms with van der Waals surface area (Å²) < 4.78 is 10.9. The van der Waals surface area contributed by atoms with Gasteiger partial charge in [-0.3, -0.25) is 0 Å². The Morgan fingerprint density at radius 2 is 0.841 bits per heavy atom. The van der Waals surface area contributed by atoms with Crippen molar-refractivity contribution < 1.29 is 9.47 Å². The van der Waals surface area contributed by atoms with E-state index in [1.807, 2.05) is 42.5 Å². The fourth-order valence-electron chi connectivity index (χ4n) is 6.12. The van der Waals surface area contributed by atoms with Crippen LogP contribution in [0.4, 0.5) is 22.7 Å². The topological polar surface area (TPSA) is 47.7 Å². The highest BCUT2D eigenvalue weighted by atomic mass is 16.5. The predicted molar refractivity (Wildman–Crippen MR) is 185 cm³/mol. The molecular weight excluding hydrogens is 540 g/mol. The van der Waals surface area contributed by atoms with Gasteiger partial charge in [0.1, 0.15) is 11.5 Å². The fourth-order valence-corrected chi connectivity index (χ4v) is 6.12. The lowest BCUT2D eigenvalue weighted by Gasteiger charge is -2.30. The van der Waals surface area contributed by atoms with Crippen LogP contribution in [0.3, 0.4) is 0 Å². The molecule has 0 radical (unpaired) electrons. The molecule has 0 aliphatic carbocycles. The van der Waals surface area contributed by atoms with E-state index in [1.54, 1.807) is 14.2 Å². The van der Waals surface area contributed by atoms with Crippen LogP contribution in [0.2, 0.25) is 0 Å². The van der Waals surface area contributed by atoms with E-state index in [0.29, 0.717) is 5.69 Å². The number of anilines is 4. The number of methoxy groups -OCH3 is 2. The molecule has 2 N–H and O–H groups in total. The lowest BCUT2D eigenvalue weighted by Crippen LogP contribution is -2.13. The third-order valence-electron chi connectivity index (χ3n) is 8.23. The number of rotatable bonds is 7. The molecule has 7 rings (SSSR count). The monoisotopic (exact) mass is 572 g/mol. The molecule has 4 nitrogen and oxygen atoms in total. The van der Waals surface area contributed by atoms with E-state index in [4.69, 9.17) is 15.2 Å². The lowest BCUT2D eigenvalue weighted by atomic mass is 9.94. The van der Waals surface area contributed by atoms with Gasteiger partial charge in [0.15, 0.2) is 0 Å². The van der Waals surface area contributed by atoms with E-state index in [0.717, 1.165) is 72.4 Å². The van der Waals surface area contributed by atoms with Crippen LogP contribution in [0.1, 0.15) is 0 Å². The van der Waals surface area contributed by atoms with Crippen LogP contribution in [0.25, 0.3) is 43.8 Å². The van der Waals surface area contributed by atoms with Crippen molar-refractivity contribution in [2.75, 3.05) is 24.9 Å². The molecule has 0 aromatic heterocycles. The van der Waals surface area contributed by atoms with Crippen LogP contribution in [0.15, 0.2) is 146 Å². The summed E-state index contributed by atoms with van der Waals surface area (Å²) in [5.41, 5.74) is 15.0. The number of nitrogen functional groups attached to an aromatic ring is 1. The Morgan fingerprint density at radius 1 is 0.432 bits per heavy atom. The van der Waals surface area contributed by atoms with Gasteiger partial charge in [0, 0.05) is 10.8 Å². The van der Waals surface area contributed by atoms with Gasteiger partial charge in [-0.05, 0) is 81.6 Å². The number of hydrogen-bond donors (Lipinski definition) is 1. The van der Waals surface area contributed by atoms with Gasteiger partial charge in [-0.2, -0.15) is 0 Å². The van der Waals surface area contributed by atoms with Gasteiger partial charge in [0.2, 0.25) is 0 Å². The van der Waals surface area contributed by atoms with Crippen molar-refractivity contribution in [1.82, 2.24) is 0 Å². The number of para-hydroxylation sites is 2. The van der Waals surface area contributed by atoms with Gasteiger partial charge in [-0.1, -0.05) is 97.1 Å². The molecule has 0 fully saturated rings. The lowest BCUT2D eigenvalue weighted by molar-refractivity contribution is 0.415. The zero-order valence-electron chi connectivity index (χ0n) is 24.7. The third kappa shape index (κ3) is 4.77. The van der Waals surface area contributed by atoms with Gasteiger partial charge in [0.05, 0.1) is 37.0 Å². The maximum atomic E-state index is 6.78. The van der Waals surface area contributed by atoms with Crippen LogP contribution in [0, 0.1) is 0 Å². The van der Waals surface area contributed by atoms with Gasteiger partial charge in [0.25, 0.3) is 0 Å². The van der Waals surface area contributed by atoms with Crippen LogP contribution in [0.5, 0.6) is 11.5 Å². The average Bonchev–Trinajstić information content (AvgIpc) is 3.09. The van der Waals surface area contributed by atoms with Crippen LogP contribution < -0.4 is 20.1 Å². The first-order valence-electron chi connectivity index (χ1n) is 14.6. The largest absolute Gasteiger partial charge is 0.497 e. The van der Waals surface area contributed by atoms with Crippen molar-refractivity contribution in [3.8, 4) is 33.8 Å². The molecule has 44 heavy (non-hydrogen) atoms. The highest BCUT2D eigenvalue weighted by molar-refractivity contribution is 6.13. The van der Waals surface area contributed by atoms with Crippen LogP contribution in [-0.4, -0.2) is 14.2 Å². The van der Waals surface area contributed by atoms with E-state index in [1.165, 1.54) is 0 Å². The molecule has 0 atom stereocenters. The van der Waals surface area contributed by atoms with E-state index >= 15 is 0 Å². The molecule has 0 aliphatic rings. The van der Waals surface area contributed by atoms with Crippen molar-refractivity contribution >= 4 is 44.3 Å². The Labute approximate surface area is 257 Å². The molecule has 0 saturated heterocycles. The standard InChI is InChI=1S/C40H32N2O2/c1-43-31-23-19-27(20-24-31)33-13-5-9-29-11-7-17-37(39(29)33)42(36-16-4-3-15-35(36)41)38-18-8-12-30-10-6-14-34(40(30)38)28-21-25-32(44-2)26-22-28/h3-26H,41H2,1-2H3. The molecular formula is C40H32N2O2. The minimum atomic E-state index is 0.699. The first-order valence-corrected chi connectivity index (χ1v) is 14.6. The molecule has 7 aromatic carbocycles. The van der Waals surface area contributed by atoms with Crippen LogP contribution >= 0.6 is 0 Å². The Morgan fingerprint density at radius 3 is 1.27 bits per heavy atom. The van der Waals surface area contributed by atoms with Crippen molar-refractivity contribution in [2.24, 2.45) is 0 Å². The minimum Gasteiger partial charge on any atom is -0.497 e. The van der Waals surface area contributed by atoms with E-state index in [9.17, 15) is 0 Å². The summed E-state index contributed by atoms with van der Waals surface area (Å²) in [6.45, 7) is 0. The Kier molecular flexibility index (Phi) is 7.09. The molecule has 0 heterocycles. The van der Waals surface area contributed by atoms with Crippen LogP contribution in [-0.2, 0) is 0 Å². The molecule has 0 unspecified atom stereocenters. The first-order chi connectivity index (χ1) is 21.7. The smallest absolute Gasteiger partial charge is 0.118 e. The number of ether oxygens (including phenoxy) is 2. The highest BCUT2D eigenvalue weighted by Crippen LogP contribution is 2.48. The Bertz CT molecular complexity index is 1960. The second kappa shape index (κ2) is 11.5. The Balaban J connectivity index is 1.55. The number of benzene rings is 7. The third-order valence-corrected chi connectivity index (χ3v) is 8.23. The van der Waals surface area contributed by atoms with Gasteiger partial charge < -0.3 is 20.1 Å². The number of nitrogens with two attached hydrogens (primary N) is 1. The number of fused-ring (bicyclic) bond motifs is 2. The number of hydrogen-bond acceptors (Lipinski definition) is 4. The quantitative estimate of drug-likeness (QED) is 0.193. The summed E-state index contributed by atoms with van der Waals surface area (Å²) in [6, 6.07) is 50.5. The fraction of sp³-hybridized carbons (Fsp3) is 0.0500. The summed E-state index contributed by atoms with van der Waals surface area (Å²) in [4.78, 5) is 2.32. The SMILES string of the molecule is COc1ccc(-c2cccc3cccc(N(c4ccccc4N)c4cccc5cccc(-c6ccc(OC)cc6)c45)c23)cc1. The minimum absolute atomic E-state index is 0.699. The molecule has 0 aliphatic heterocycles. The second-order valence-electron chi connectivity index (χ2n) is 10.7. The van der Waals surface area contributed by atoms with Crippen molar-refractivity contribution in [3.63, 3.8) is 0 Å². The summed E-state index contributed by atoms with van der Waals surface area (Å²) in [5.74, 6) is 1.66.